The summed E-state index contributed by atoms with van der Waals surface area (Å²) >= 11 is 0. The largest absolute Gasteiger partial charge is 0.386 e. The molecule has 2 aliphatic rings. The van der Waals surface area contributed by atoms with E-state index in [9.17, 15) is 5.11 Å². The molecule has 0 aromatic heterocycles. The molecule has 1 N–H and O–H groups in total. The maximum Gasteiger partial charge on any atom is 0.0774 e. The summed E-state index contributed by atoms with van der Waals surface area (Å²) in [6.07, 6.45) is 5.58. The van der Waals surface area contributed by atoms with Crippen LogP contribution in [0.2, 0.25) is 0 Å². The van der Waals surface area contributed by atoms with Crippen LogP contribution in [0.1, 0.15) is 33.1 Å². The first-order chi connectivity index (χ1) is 7.45. The van der Waals surface area contributed by atoms with E-state index < -0.39 is 5.60 Å². The van der Waals surface area contributed by atoms with E-state index in [0.717, 1.165) is 19.6 Å². The molecule has 92 valence electrons. The Labute approximate surface area is 98.1 Å². The van der Waals surface area contributed by atoms with Gasteiger partial charge in [0, 0.05) is 19.2 Å². The molecule has 1 unspecified atom stereocenters. The normalized spacial score (nSPS) is 33.6. The molecule has 0 saturated carbocycles. The van der Waals surface area contributed by atoms with E-state index in [-0.39, 0.29) is 5.54 Å². The molecular formula is C13H23NO2. The van der Waals surface area contributed by atoms with Gasteiger partial charge in [-0.2, -0.15) is 0 Å². The lowest BCUT2D eigenvalue weighted by atomic mass is 9.92. The van der Waals surface area contributed by atoms with Gasteiger partial charge in [0.05, 0.1) is 12.2 Å². The number of methoxy groups -OCH3 is 1. The van der Waals surface area contributed by atoms with Crippen LogP contribution in [-0.2, 0) is 4.74 Å². The van der Waals surface area contributed by atoms with Gasteiger partial charge in [-0.25, -0.2) is 0 Å². The van der Waals surface area contributed by atoms with Crippen molar-refractivity contribution in [1.82, 2.24) is 4.90 Å². The van der Waals surface area contributed by atoms with Crippen molar-refractivity contribution in [3.63, 3.8) is 0 Å². The molecule has 2 aliphatic heterocycles. The topological polar surface area (TPSA) is 32.7 Å². The first-order valence-electron chi connectivity index (χ1n) is 6.12. The fourth-order valence-electron chi connectivity index (χ4n) is 3.24. The average Bonchev–Trinajstić information content (AvgIpc) is 2.57. The second kappa shape index (κ2) is 4.13. The molecule has 2 saturated heterocycles. The monoisotopic (exact) mass is 225 g/mol. The van der Waals surface area contributed by atoms with Gasteiger partial charge in [-0.15, -0.1) is 0 Å². The van der Waals surface area contributed by atoms with Crippen molar-refractivity contribution in [2.75, 3.05) is 26.8 Å². The van der Waals surface area contributed by atoms with Gasteiger partial charge in [0.25, 0.3) is 0 Å². The first-order valence-corrected chi connectivity index (χ1v) is 6.12. The Kier molecular flexibility index (Phi) is 3.12. The van der Waals surface area contributed by atoms with Crippen LogP contribution in [-0.4, -0.2) is 48.0 Å². The molecule has 0 aromatic carbocycles. The van der Waals surface area contributed by atoms with E-state index in [4.69, 9.17) is 4.74 Å². The Bertz CT molecular complexity index is 293. The number of hydrogen-bond donors (Lipinski definition) is 1. The van der Waals surface area contributed by atoms with E-state index in [0.29, 0.717) is 0 Å². The van der Waals surface area contributed by atoms with Crippen molar-refractivity contribution in [1.29, 1.82) is 0 Å². The zero-order valence-electron chi connectivity index (χ0n) is 10.6. The quantitative estimate of drug-likeness (QED) is 0.740. The number of hydrogen-bond acceptors (Lipinski definition) is 3. The van der Waals surface area contributed by atoms with Crippen LogP contribution in [0.3, 0.4) is 0 Å². The standard InChI is InChI=1S/C13H23NO2/c1-12(2,15)7-11-8-13(10-16-3)5-4-6-14(13)9-11/h7,15H,4-6,8-10H2,1-3H3/b11-7-. The molecule has 2 rings (SSSR count). The van der Waals surface area contributed by atoms with Crippen LogP contribution < -0.4 is 0 Å². The minimum absolute atomic E-state index is 0.228. The minimum Gasteiger partial charge on any atom is -0.386 e. The Morgan fingerprint density at radius 1 is 1.56 bits per heavy atom. The van der Waals surface area contributed by atoms with Gasteiger partial charge >= 0.3 is 0 Å². The van der Waals surface area contributed by atoms with Crippen molar-refractivity contribution >= 4 is 0 Å². The smallest absolute Gasteiger partial charge is 0.0774 e. The third-order valence-corrected chi connectivity index (χ3v) is 3.66. The zero-order chi connectivity index (χ0) is 11.8. The third-order valence-electron chi connectivity index (χ3n) is 3.66. The van der Waals surface area contributed by atoms with Gasteiger partial charge in [-0.3, -0.25) is 4.90 Å². The highest BCUT2D eigenvalue weighted by molar-refractivity contribution is 5.23. The van der Waals surface area contributed by atoms with Gasteiger partial charge in [-0.05, 0) is 39.7 Å². The van der Waals surface area contributed by atoms with Crippen molar-refractivity contribution < 1.29 is 9.84 Å². The highest BCUT2D eigenvalue weighted by Gasteiger charge is 2.46. The SMILES string of the molecule is COCC12CCCN1C/C(=C\C(C)(C)O)C2. The molecule has 2 heterocycles. The highest BCUT2D eigenvalue weighted by atomic mass is 16.5. The van der Waals surface area contributed by atoms with E-state index in [1.165, 1.54) is 25.0 Å². The molecule has 1 atom stereocenters. The van der Waals surface area contributed by atoms with Crippen LogP contribution in [0, 0.1) is 0 Å². The first kappa shape index (κ1) is 12.1. The summed E-state index contributed by atoms with van der Waals surface area (Å²) < 4.78 is 5.38. The number of aliphatic hydroxyl groups is 1. The molecule has 3 nitrogen and oxygen atoms in total. The molecule has 2 fully saturated rings. The van der Waals surface area contributed by atoms with Crippen LogP contribution in [0.5, 0.6) is 0 Å². The lowest BCUT2D eigenvalue weighted by molar-refractivity contribution is 0.0656. The molecule has 0 radical (unpaired) electrons. The molecule has 3 heteroatoms. The predicted molar refractivity (Wildman–Crippen MR) is 64.4 cm³/mol. The molecule has 0 aliphatic carbocycles. The summed E-state index contributed by atoms with van der Waals surface area (Å²) in [5.74, 6) is 0. The predicted octanol–water partition coefficient (Wildman–Crippen LogP) is 1.57. The second-order valence-electron chi connectivity index (χ2n) is 5.82. The van der Waals surface area contributed by atoms with E-state index in [1.54, 1.807) is 7.11 Å². The summed E-state index contributed by atoms with van der Waals surface area (Å²) in [5.41, 5.74) is 0.902. The summed E-state index contributed by atoms with van der Waals surface area (Å²) in [5, 5.41) is 9.83. The van der Waals surface area contributed by atoms with Crippen LogP contribution >= 0.6 is 0 Å². The Hall–Kier alpha value is -0.380. The Balaban J connectivity index is 2.13. The summed E-state index contributed by atoms with van der Waals surface area (Å²) in [4.78, 5) is 2.52. The van der Waals surface area contributed by atoms with Gasteiger partial charge in [0.1, 0.15) is 0 Å². The highest BCUT2D eigenvalue weighted by Crippen LogP contribution is 2.41. The molecule has 0 aromatic rings. The lowest BCUT2D eigenvalue weighted by Gasteiger charge is -2.30. The van der Waals surface area contributed by atoms with E-state index in [1.807, 2.05) is 19.9 Å². The zero-order valence-corrected chi connectivity index (χ0v) is 10.6. The number of nitrogens with zero attached hydrogens (tertiary/aromatic N) is 1. The minimum atomic E-state index is -0.691. The summed E-state index contributed by atoms with van der Waals surface area (Å²) in [6, 6.07) is 0. The van der Waals surface area contributed by atoms with Crippen molar-refractivity contribution in [3.8, 4) is 0 Å². The van der Waals surface area contributed by atoms with Crippen LogP contribution in [0.25, 0.3) is 0 Å². The lowest BCUT2D eigenvalue weighted by Crippen LogP contribution is -2.42. The fourth-order valence-corrected chi connectivity index (χ4v) is 3.24. The molecule has 0 spiro atoms. The number of rotatable bonds is 3. The second-order valence-corrected chi connectivity index (χ2v) is 5.82. The van der Waals surface area contributed by atoms with Gasteiger partial charge in [0.2, 0.25) is 0 Å². The maximum atomic E-state index is 9.83. The summed E-state index contributed by atoms with van der Waals surface area (Å²) in [7, 11) is 1.78. The van der Waals surface area contributed by atoms with Crippen molar-refractivity contribution in [2.45, 2.75) is 44.2 Å². The van der Waals surface area contributed by atoms with Crippen molar-refractivity contribution in [3.05, 3.63) is 11.6 Å². The molecular weight excluding hydrogens is 202 g/mol. The van der Waals surface area contributed by atoms with E-state index in [2.05, 4.69) is 4.90 Å². The van der Waals surface area contributed by atoms with Crippen LogP contribution in [0.4, 0.5) is 0 Å². The Morgan fingerprint density at radius 2 is 2.31 bits per heavy atom. The fraction of sp³-hybridized carbons (Fsp3) is 0.846. The molecule has 0 bridgehead atoms. The maximum absolute atomic E-state index is 9.83. The Morgan fingerprint density at radius 3 is 2.94 bits per heavy atom. The van der Waals surface area contributed by atoms with E-state index >= 15 is 0 Å². The van der Waals surface area contributed by atoms with Gasteiger partial charge in [-0.1, -0.05) is 11.6 Å². The number of ether oxygens (including phenoxy) is 1. The number of fused-ring (bicyclic) bond motifs is 1. The van der Waals surface area contributed by atoms with Crippen LogP contribution in [0.15, 0.2) is 11.6 Å². The molecule has 0 amide bonds. The third kappa shape index (κ3) is 2.31. The summed E-state index contributed by atoms with van der Waals surface area (Å²) in [6.45, 7) is 6.68. The van der Waals surface area contributed by atoms with Gasteiger partial charge in [0.15, 0.2) is 0 Å². The molecule has 16 heavy (non-hydrogen) atoms. The van der Waals surface area contributed by atoms with Gasteiger partial charge < -0.3 is 9.84 Å². The average molecular weight is 225 g/mol. The van der Waals surface area contributed by atoms with Crippen molar-refractivity contribution in [2.24, 2.45) is 0 Å².